The standard InChI is InChI=1S/C13H16N2O3/c1-14(8-13(17)18)7-9-3-4-11-10(5-9)6-12(16)15(11)2/h3-5H,6-8H2,1-2H3,(H,17,18). The summed E-state index contributed by atoms with van der Waals surface area (Å²) in [4.78, 5) is 25.5. The molecule has 0 fully saturated rings. The van der Waals surface area contributed by atoms with Crippen molar-refractivity contribution in [3.63, 3.8) is 0 Å². The van der Waals surface area contributed by atoms with Crippen LogP contribution < -0.4 is 4.90 Å². The summed E-state index contributed by atoms with van der Waals surface area (Å²) in [6.07, 6.45) is 0.433. The average molecular weight is 248 g/mol. The van der Waals surface area contributed by atoms with E-state index in [0.717, 1.165) is 16.8 Å². The van der Waals surface area contributed by atoms with Gasteiger partial charge < -0.3 is 10.0 Å². The molecular weight excluding hydrogens is 232 g/mol. The highest BCUT2D eigenvalue weighted by Crippen LogP contribution is 2.28. The van der Waals surface area contributed by atoms with Crippen molar-refractivity contribution in [3.05, 3.63) is 29.3 Å². The minimum absolute atomic E-state index is 0.00984. The first-order valence-corrected chi connectivity index (χ1v) is 5.76. The summed E-state index contributed by atoms with van der Waals surface area (Å²) in [5.74, 6) is -0.741. The van der Waals surface area contributed by atoms with Gasteiger partial charge in [-0.2, -0.15) is 0 Å². The molecule has 0 unspecified atom stereocenters. The molecular formula is C13H16N2O3. The summed E-state index contributed by atoms with van der Waals surface area (Å²) in [7, 11) is 3.53. The third-order valence-electron chi connectivity index (χ3n) is 3.08. The fraction of sp³-hybridized carbons (Fsp3) is 0.385. The summed E-state index contributed by atoms with van der Waals surface area (Å²) in [5.41, 5.74) is 2.99. The molecule has 0 saturated carbocycles. The molecule has 0 atom stereocenters. The van der Waals surface area contributed by atoms with Gasteiger partial charge in [-0.05, 0) is 24.2 Å². The number of amides is 1. The number of nitrogens with zero attached hydrogens (tertiary/aromatic N) is 2. The summed E-state index contributed by atoms with van der Waals surface area (Å²) in [6, 6.07) is 5.84. The Morgan fingerprint density at radius 2 is 2.22 bits per heavy atom. The van der Waals surface area contributed by atoms with Crippen molar-refractivity contribution >= 4 is 17.6 Å². The van der Waals surface area contributed by atoms with E-state index in [4.69, 9.17) is 5.11 Å². The van der Waals surface area contributed by atoms with E-state index in [0.29, 0.717) is 13.0 Å². The quantitative estimate of drug-likeness (QED) is 0.853. The van der Waals surface area contributed by atoms with E-state index in [9.17, 15) is 9.59 Å². The van der Waals surface area contributed by atoms with Gasteiger partial charge in [0.15, 0.2) is 0 Å². The molecule has 0 spiro atoms. The van der Waals surface area contributed by atoms with Crippen LogP contribution in [-0.4, -0.2) is 42.5 Å². The molecule has 18 heavy (non-hydrogen) atoms. The third kappa shape index (κ3) is 2.51. The van der Waals surface area contributed by atoms with Gasteiger partial charge in [-0.15, -0.1) is 0 Å². The lowest BCUT2D eigenvalue weighted by Crippen LogP contribution is -2.25. The topological polar surface area (TPSA) is 60.9 Å². The van der Waals surface area contributed by atoms with Crippen molar-refractivity contribution in [2.24, 2.45) is 0 Å². The zero-order chi connectivity index (χ0) is 13.3. The summed E-state index contributed by atoms with van der Waals surface area (Å²) >= 11 is 0. The minimum Gasteiger partial charge on any atom is -0.480 e. The van der Waals surface area contributed by atoms with E-state index in [-0.39, 0.29) is 12.5 Å². The smallest absolute Gasteiger partial charge is 0.317 e. The van der Waals surface area contributed by atoms with Crippen molar-refractivity contribution in [1.82, 2.24) is 4.90 Å². The van der Waals surface area contributed by atoms with Crippen LogP contribution in [0.15, 0.2) is 18.2 Å². The number of carboxylic acids is 1. The van der Waals surface area contributed by atoms with Gasteiger partial charge in [0.05, 0.1) is 13.0 Å². The zero-order valence-corrected chi connectivity index (χ0v) is 10.5. The molecule has 2 rings (SSSR count). The summed E-state index contributed by atoms with van der Waals surface area (Å²) < 4.78 is 0. The zero-order valence-electron chi connectivity index (χ0n) is 10.5. The van der Waals surface area contributed by atoms with Gasteiger partial charge in [-0.3, -0.25) is 14.5 Å². The Labute approximate surface area is 106 Å². The first-order valence-electron chi connectivity index (χ1n) is 5.76. The number of carboxylic acid groups (broad SMARTS) is 1. The third-order valence-corrected chi connectivity index (χ3v) is 3.08. The first kappa shape index (κ1) is 12.6. The molecule has 5 heteroatoms. The van der Waals surface area contributed by atoms with Crippen molar-refractivity contribution in [2.45, 2.75) is 13.0 Å². The maximum absolute atomic E-state index is 11.5. The second-order valence-corrected chi connectivity index (χ2v) is 4.66. The molecule has 0 bridgehead atoms. The molecule has 5 nitrogen and oxygen atoms in total. The van der Waals surface area contributed by atoms with Gasteiger partial charge >= 0.3 is 5.97 Å². The Kier molecular flexibility index (Phi) is 3.34. The maximum Gasteiger partial charge on any atom is 0.317 e. The first-order chi connectivity index (χ1) is 8.47. The Hall–Kier alpha value is -1.88. The molecule has 0 radical (unpaired) electrons. The molecule has 1 aromatic carbocycles. The fourth-order valence-electron chi connectivity index (χ4n) is 2.22. The normalized spacial score (nSPS) is 14.2. The molecule has 1 heterocycles. The van der Waals surface area contributed by atoms with Crippen LogP contribution >= 0.6 is 0 Å². The SMILES string of the molecule is CN(CC(=O)O)Cc1ccc2c(c1)CC(=O)N2C. The number of fused-ring (bicyclic) bond motifs is 1. The average Bonchev–Trinajstić information content (AvgIpc) is 2.53. The molecule has 96 valence electrons. The molecule has 1 aliphatic heterocycles. The molecule has 1 aliphatic rings. The van der Waals surface area contributed by atoms with Crippen molar-refractivity contribution in [1.29, 1.82) is 0 Å². The Morgan fingerprint density at radius 1 is 1.50 bits per heavy atom. The lowest BCUT2D eigenvalue weighted by Gasteiger charge is -2.15. The van der Waals surface area contributed by atoms with Crippen LogP contribution in [0, 0.1) is 0 Å². The van der Waals surface area contributed by atoms with Crippen LogP contribution in [0.1, 0.15) is 11.1 Å². The molecule has 1 amide bonds. The molecule has 0 aliphatic carbocycles. The van der Waals surface area contributed by atoms with Crippen LogP contribution in [0.3, 0.4) is 0 Å². The van der Waals surface area contributed by atoms with Crippen LogP contribution in [0.2, 0.25) is 0 Å². The van der Waals surface area contributed by atoms with E-state index in [2.05, 4.69) is 0 Å². The van der Waals surface area contributed by atoms with E-state index >= 15 is 0 Å². The van der Waals surface area contributed by atoms with Crippen LogP contribution in [-0.2, 0) is 22.6 Å². The van der Waals surface area contributed by atoms with E-state index in [1.165, 1.54) is 0 Å². The van der Waals surface area contributed by atoms with Gasteiger partial charge in [-0.1, -0.05) is 12.1 Å². The summed E-state index contributed by atoms with van der Waals surface area (Å²) in [6.45, 7) is 0.577. The number of hydrogen-bond donors (Lipinski definition) is 1. The van der Waals surface area contributed by atoms with Gasteiger partial charge in [0.1, 0.15) is 0 Å². The van der Waals surface area contributed by atoms with E-state index in [1.54, 1.807) is 23.9 Å². The minimum atomic E-state index is -0.839. The molecule has 1 aromatic rings. The predicted molar refractivity (Wildman–Crippen MR) is 67.5 cm³/mol. The van der Waals surface area contributed by atoms with Crippen LogP contribution in [0.25, 0.3) is 0 Å². The number of rotatable bonds is 4. The van der Waals surface area contributed by atoms with Crippen LogP contribution in [0.5, 0.6) is 0 Å². The highest BCUT2D eigenvalue weighted by atomic mass is 16.4. The molecule has 1 N–H and O–H groups in total. The largest absolute Gasteiger partial charge is 0.480 e. The monoisotopic (exact) mass is 248 g/mol. The Morgan fingerprint density at radius 3 is 2.89 bits per heavy atom. The maximum atomic E-state index is 11.5. The lowest BCUT2D eigenvalue weighted by atomic mass is 10.1. The van der Waals surface area contributed by atoms with Gasteiger partial charge in [0.2, 0.25) is 5.91 Å². The van der Waals surface area contributed by atoms with E-state index < -0.39 is 5.97 Å². The predicted octanol–water partition coefficient (Wildman–Crippen LogP) is 0.722. The Balaban J connectivity index is 2.11. The van der Waals surface area contributed by atoms with Crippen LogP contribution in [0.4, 0.5) is 5.69 Å². The number of carbonyl (C=O) groups excluding carboxylic acids is 1. The number of likely N-dealkylation sites (N-methyl/N-ethyl adjacent to an activating group) is 2. The van der Waals surface area contributed by atoms with Crippen molar-refractivity contribution < 1.29 is 14.7 Å². The second-order valence-electron chi connectivity index (χ2n) is 4.66. The number of hydrogen-bond acceptors (Lipinski definition) is 3. The fourth-order valence-corrected chi connectivity index (χ4v) is 2.22. The molecule has 0 aromatic heterocycles. The van der Waals surface area contributed by atoms with E-state index in [1.807, 2.05) is 18.2 Å². The number of benzene rings is 1. The second kappa shape index (κ2) is 4.78. The summed E-state index contributed by atoms with van der Waals surface area (Å²) in [5, 5.41) is 8.69. The number of carbonyl (C=O) groups is 2. The van der Waals surface area contributed by atoms with Crippen molar-refractivity contribution in [2.75, 3.05) is 25.5 Å². The lowest BCUT2D eigenvalue weighted by molar-refractivity contribution is -0.138. The Bertz CT molecular complexity index is 499. The molecule has 0 saturated heterocycles. The van der Waals surface area contributed by atoms with Gasteiger partial charge in [0.25, 0.3) is 0 Å². The van der Waals surface area contributed by atoms with Gasteiger partial charge in [0, 0.05) is 19.3 Å². The number of anilines is 1. The van der Waals surface area contributed by atoms with Crippen molar-refractivity contribution in [3.8, 4) is 0 Å². The van der Waals surface area contributed by atoms with Gasteiger partial charge in [-0.25, -0.2) is 0 Å². The number of aliphatic carboxylic acids is 1. The highest BCUT2D eigenvalue weighted by Gasteiger charge is 2.23. The highest BCUT2D eigenvalue weighted by molar-refractivity contribution is 6.00.